The number of carboxylic acids is 1. The van der Waals surface area contributed by atoms with Crippen LogP contribution in [0, 0.1) is 0 Å². The van der Waals surface area contributed by atoms with E-state index in [0.29, 0.717) is 45.9 Å². The van der Waals surface area contributed by atoms with Gasteiger partial charge in [0.2, 0.25) is 0 Å². The number of carboxylic acid groups (broad SMARTS) is 1. The van der Waals surface area contributed by atoms with Crippen LogP contribution in [-0.4, -0.2) is 130 Å². The van der Waals surface area contributed by atoms with E-state index < -0.39 is 5.97 Å². The van der Waals surface area contributed by atoms with Crippen LogP contribution in [0.1, 0.15) is 224 Å². The summed E-state index contributed by atoms with van der Waals surface area (Å²) in [7, 11) is 6.47. The number of benzene rings is 6. The van der Waals surface area contributed by atoms with Crippen LogP contribution in [0.2, 0.25) is 0 Å². The molecule has 6 aromatic carbocycles. The lowest BCUT2D eigenvalue weighted by Crippen LogP contribution is -2.33. The molecule has 1 aliphatic carbocycles. The van der Waals surface area contributed by atoms with Gasteiger partial charge in [-0.2, -0.15) is 0 Å². The van der Waals surface area contributed by atoms with Crippen molar-refractivity contribution >= 4 is 62.0 Å². The van der Waals surface area contributed by atoms with Crippen molar-refractivity contribution in [3.05, 3.63) is 221 Å². The van der Waals surface area contributed by atoms with Crippen molar-refractivity contribution in [3.8, 4) is 51.3 Å². The molecule has 604 valence electrons. The minimum absolute atomic E-state index is 0.0807. The number of hydrogen-bond acceptors (Lipinski definition) is 15. The number of halogens is 1. The number of piperidine rings is 3. The molecule has 112 heavy (non-hydrogen) atoms. The van der Waals surface area contributed by atoms with Gasteiger partial charge in [0.05, 0.1) is 51.0 Å². The van der Waals surface area contributed by atoms with Gasteiger partial charge in [0.15, 0.2) is 17.3 Å². The third-order valence-electron chi connectivity index (χ3n) is 18.6. The number of hydroxylamine groups is 2. The lowest BCUT2D eigenvalue weighted by atomic mass is 10.0. The van der Waals surface area contributed by atoms with Gasteiger partial charge in [-0.3, -0.25) is 24.2 Å². The largest absolute Gasteiger partial charge is 0.497 e. The maximum Gasteiger partial charge on any atom is 0.336 e. The predicted molar refractivity (Wildman–Crippen MR) is 463 cm³/mol. The summed E-state index contributed by atoms with van der Waals surface area (Å²) in [6.45, 7) is 26.8. The van der Waals surface area contributed by atoms with E-state index in [2.05, 4.69) is 41.0 Å². The van der Waals surface area contributed by atoms with Crippen LogP contribution in [-0.2, 0) is 18.4 Å². The fourth-order valence-electron chi connectivity index (χ4n) is 12.8. The Hall–Kier alpha value is -9.86. The fourth-order valence-corrected chi connectivity index (χ4v) is 13.3. The van der Waals surface area contributed by atoms with E-state index in [-0.39, 0.29) is 17.5 Å². The maximum atomic E-state index is 13.1. The van der Waals surface area contributed by atoms with E-state index in [1.165, 1.54) is 83.5 Å². The van der Waals surface area contributed by atoms with Gasteiger partial charge >= 0.3 is 5.97 Å². The summed E-state index contributed by atoms with van der Waals surface area (Å²) in [5.41, 5.74) is 18.2. The minimum atomic E-state index is -0.871. The molecule has 4 aromatic heterocycles. The summed E-state index contributed by atoms with van der Waals surface area (Å²) in [4.78, 5) is 67.1. The van der Waals surface area contributed by atoms with Crippen LogP contribution in [0.15, 0.2) is 183 Å². The first-order valence-electron chi connectivity index (χ1n) is 40.1. The smallest absolute Gasteiger partial charge is 0.336 e. The van der Waals surface area contributed by atoms with Crippen molar-refractivity contribution in [2.75, 3.05) is 78.8 Å². The van der Waals surface area contributed by atoms with Crippen LogP contribution in [0.5, 0.6) is 28.7 Å². The molecule has 19 nitrogen and oxygen atoms in total. The summed E-state index contributed by atoms with van der Waals surface area (Å²) in [6, 6.07) is 48.9. The van der Waals surface area contributed by atoms with E-state index in [1.807, 2.05) is 209 Å². The third kappa shape index (κ3) is 30.3. The molecular weight excluding hydrogens is 1470 g/mol. The van der Waals surface area contributed by atoms with Gasteiger partial charge in [0.1, 0.15) is 34.3 Å². The second-order valence-electron chi connectivity index (χ2n) is 26.2. The molecular formula is C92H124BrN9O10. The van der Waals surface area contributed by atoms with Gasteiger partial charge in [-0.1, -0.05) is 166 Å². The number of nitrogen functional groups attached to an aromatic ring is 1. The summed E-state index contributed by atoms with van der Waals surface area (Å²) >= 11 is 3.33. The Kier molecular flexibility index (Phi) is 43.4. The number of Topliss-reactive ketones (excluding diaryl/α,β-unsaturated/α-hetero) is 2. The number of ketones is 2. The number of nitrogens with one attached hydrogen (secondary N) is 1. The number of likely N-dealkylation sites (tertiary alicyclic amines) is 2. The first kappa shape index (κ1) is 92.7. The Morgan fingerprint density at radius 2 is 0.795 bits per heavy atom. The number of fused-ring (bicyclic) bond motifs is 2. The van der Waals surface area contributed by atoms with E-state index in [0.717, 1.165) is 137 Å². The molecule has 0 atom stereocenters. The lowest BCUT2D eigenvalue weighted by molar-refractivity contribution is -0.0724. The van der Waals surface area contributed by atoms with Crippen LogP contribution >= 0.6 is 15.9 Å². The molecule has 10 aromatic rings. The summed E-state index contributed by atoms with van der Waals surface area (Å²) < 4.78 is 24.8. The quantitative estimate of drug-likeness (QED) is 0.0413. The molecule has 4 N–H and O–H groups in total. The molecule has 4 fully saturated rings. The zero-order valence-electron chi connectivity index (χ0n) is 69.0. The molecule has 0 spiro atoms. The molecule has 3 saturated heterocycles. The average molecular weight is 1600 g/mol. The Labute approximate surface area is 675 Å². The Bertz CT molecular complexity index is 4210. The van der Waals surface area contributed by atoms with Gasteiger partial charge in [0.25, 0.3) is 5.91 Å². The molecule has 20 heteroatoms. The number of methoxy groups -OCH3 is 4. The van der Waals surface area contributed by atoms with Crippen LogP contribution < -0.4 is 34.8 Å². The number of hydrogen-bond donors (Lipinski definition) is 3. The third-order valence-corrected chi connectivity index (χ3v) is 19.2. The first-order valence-corrected chi connectivity index (χ1v) is 41.3. The molecule has 4 aliphatic rings. The average Bonchev–Trinajstić information content (AvgIpc) is 1.64. The summed E-state index contributed by atoms with van der Waals surface area (Å²) in [6.07, 6.45) is 27.9. The molecule has 0 bridgehead atoms. The van der Waals surface area contributed by atoms with Crippen molar-refractivity contribution in [1.29, 1.82) is 0 Å². The number of nitrogens with zero attached hydrogens (tertiary/aromatic N) is 7. The standard InChI is InChI=1S/C26H26N4O3.C15H21NO2.C14H19NO3.C13H11N3.C10H11BrO2.C6H12.4C2H6/c1-32-21-12-13-22(24(17-21)33-30-15-4-2-5-16-30)26(31)27-20-10-8-19(9-11-20)23-18-29-14-6-3-7-25(29)28-23;1-12(17)15-7-6-14(18-2)10-13(15)11-16-8-4-3-5-9-16;1-18-12-5-6-13(14(16)17)11(9-12)10-15-7-3-2-4-8-15;14-11-6-4-10(5-7-11)12-9-16-8-2-1-3-13(16)15-12;1-7(12)10-4-3-9(13-2)5-8(10)6-11;1-2-4-6-5-3-1;4*1-2/h3,6-14,17-18H,2,4-5,15-16H2,1H3,(H,27,31);6-7,10H,3-5,8-9,11H2,1-2H3;5-6,9H,2-4,7-8,10H2,1H3,(H,16,17);1-9H,14H2;3-5H,6H2,1-2H3;1-6H2;4*1-2H3. The lowest BCUT2D eigenvalue weighted by Gasteiger charge is -2.27. The van der Waals surface area contributed by atoms with Crippen LogP contribution in [0.25, 0.3) is 33.8 Å². The Morgan fingerprint density at radius 3 is 1.19 bits per heavy atom. The highest BCUT2D eigenvalue weighted by Gasteiger charge is 2.22. The molecule has 3 aliphatic heterocycles. The number of nitrogens with two attached hydrogens (primary N) is 1. The highest BCUT2D eigenvalue weighted by molar-refractivity contribution is 9.08. The van der Waals surface area contributed by atoms with Crippen molar-refractivity contribution in [1.82, 2.24) is 33.6 Å². The number of aromatic carboxylic acids is 1. The van der Waals surface area contributed by atoms with Gasteiger partial charge in [-0.05, 0) is 211 Å². The highest BCUT2D eigenvalue weighted by atomic mass is 79.9. The number of ether oxygens (including phenoxy) is 4. The topological polar surface area (TPSA) is 217 Å². The number of rotatable bonds is 18. The maximum absolute atomic E-state index is 13.1. The number of amides is 1. The number of pyridine rings is 2. The molecule has 14 rings (SSSR count). The van der Waals surface area contributed by atoms with E-state index >= 15 is 0 Å². The Morgan fingerprint density at radius 1 is 0.438 bits per heavy atom. The zero-order chi connectivity index (χ0) is 81.6. The van der Waals surface area contributed by atoms with Crippen LogP contribution in [0.3, 0.4) is 0 Å². The number of carbonyl (C=O) groups is 4. The fraction of sp³-hybridized carbons (Fsp3) is 0.413. The Balaban J connectivity index is 0.000000248. The van der Waals surface area contributed by atoms with E-state index in [1.54, 1.807) is 84.8 Å². The van der Waals surface area contributed by atoms with E-state index in [9.17, 15) is 24.3 Å². The van der Waals surface area contributed by atoms with E-state index in [4.69, 9.17) is 29.5 Å². The van der Waals surface area contributed by atoms with Gasteiger partial charge in [-0.15, -0.1) is 5.06 Å². The number of anilines is 2. The van der Waals surface area contributed by atoms with Crippen molar-refractivity contribution in [2.45, 2.75) is 184 Å². The SMILES string of the molecule is C1CCCCC1.CC.CC.CC.CC.COc1ccc(C(=O)Nc2ccc(-c3cn4ccccc4n3)cc2)c(ON2CCCCC2)c1.COc1ccc(C(=O)O)c(CN2CCCCC2)c1.COc1ccc(C(C)=O)c(CBr)c1.COc1ccc(C(C)=O)c(CN2CCCCC2)c1.Nc1ccc(-c2cn3ccccc3n2)cc1. The molecule has 1 amide bonds. The van der Waals surface area contributed by atoms with Gasteiger partial charge < -0.3 is 48.7 Å². The van der Waals surface area contributed by atoms with Crippen molar-refractivity contribution < 1.29 is 48.1 Å². The van der Waals surface area contributed by atoms with Crippen molar-refractivity contribution in [3.63, 3.8) is 0 Å². The predicted octanol–water partition coefficient (Wildman–Crippen LogP) is 22.1. The van der Waals surface area contributed by atoms with Gasteiger partial charge in [0, 0.05) is 96.0 Å². The minimum Gasteiger partial charge on any atom is -0.497 e. The molecule has 7 heterocycles. The number of carbonyl (C=O) groups excluding carboxylic acids is 3. The van der Waals surface area contributed by atoms with Crippen LogP contribution in [0.4, 0.5) is 11.4 Å². The summed E-state index contributed by atoms with van der Waals surface area (Å²) in [5.74, 6) is 2.57. The summed E-state index contributed by atoms with van der Waals surface area (Å²) in [5, 5.41) is 14.8. The molecule has 0 unspecified atom stereocenters. The highest BCUT2D eigenvalue weighted by Crippen LogP contribution is 2.31. The first-order chi connectivity index (χ1) is 54.6. The second-order valence-corrected chi connectivity index (χ2v) is 26.8. The molecule has 1 saturated carbocycles. The van der Waals surface area contributed by atoms with Gasteiger partial charge in [-0.25, -0.2) is 14.8 Å². The number of imidazole rings is 2. The normalized spacial score (nSPS) is 13.7. The van der Waals surface area contributed by atoms with Crippen molar-refractivity contribution in [2.24, 2.45) is 0 Å². The monoisotopic (exact) mass is 1590 g/mol. The number of aromatic nitrogens is 4. The number of alkyl halides is 1. The zero-order valence-corrected chi connectivity index (χ0v) is 70.6. The molecule has 0 radical (unpaired) electrons. The second kappa shape index (κ2) is 52.4.